The van der Waals surface area contributed by atoms with E-state index in [1.54, 1.807) is 24.9 Å². The molecular weight excluding hydrogens is 333 g/mol. The second-order valence-electron chi connectivity index (χ2n) is 6.31. The van der Waals surface area contributed by atoms with Gasteiger partial charge in [0.1, 0.15) is 11.4 Å². The quantitative estimate of drug-likeness (QED) is 0.917. The largest absolute Gasteiger partial charge is 0.416 e. The van der Waals surface area contributed by atoms with E-state index in [0.717, 1.165) is 25.0 Å². The molecule has 0 saturated heterocycles. The van der Waals surface area contributed by atoms with Gasteiger partial charge in [0.2, 0.25) is 0 Å². The molecule has 5 nitrogen and oxygen atoms in total. The molecule has 0 radical (unpaired) electrons. The predicted octanol–water partition coefficient (Wildman–Crippen LogP) is 3.39. The SMILES string of the molecule is CC(c1cccc(C(F)(F)F)c1)N(C(=O)c1cnn(C)c1N)C1CC1. The zero-order valence-electron chi connectivity index (χ0n) is 13.9. The molecule has 1 unspecified atom stereocenters. The lowest BCUT2D eigenvalue weighted by atomic mass is 10.0. The van der Waals surface area contributed by atoms with E-state index in [9.17, 15) is 18.0 Å². The molecule has 1 aromatic carbocycles. The van der Waals surface area contributed by atoms with E-state index in [4.69, 9.17) is 5.73 Å². The summed E-state index contributed by atoms with van der Waals surface area (Å²) in [5.41, 5.74) is 5.88. The molecule has 25 heavy (non-hydrogen) atoms. The van der Waals surface area contributed by atoms with Gasteiger partial charge in [0.25, 0.3) is 5.91 Å². The smallest absolute Gasteiger partial charge is 0.383 e. The number of alkyl halides is 3. The van der Waals surface area contributed by atoms with Crippen molar-refractivity contribution in [1.29, 1.82) is 0 Å². The molecule has 1 heterocycles. The van der Waals surface area contributed by atoms with Crippen molar-refractivity contribution in [1.82, 2.24) is 14.7 Å². The molecule has 1 saturated carbocycles. The summed E-state index contributed by atoms with van der Waals surface area (Å²) >= 11 is 0. The van der Waals surface area contributed by atoms with Crippen molar-refractivity contribution in [3.8, 4) is 0 Å². The van der Waals surface area contributed by atoms with Crippen LogP contribution in [0.5, 0.6) is 0 Å². The van der Waals surface area contributed by atoms with Crippen LogP contribution >= 0.6 is 0 Å². The summed E-state index contributed by atoms with van der Waals surface area (Å²) in [6.45, 7) is 1.73. The molecular formula is C17H19F3N4O. The van der Waals surface area contributed by atoms with E-state index in [1.165, 1.54) is 16.9 Å². The molecule has 0 bridgehead atoms. The summed E-state index contributed by atoms with van der Waals surface area (Å²) < 4.78 is 40.3. The molecule has 134 valence electrons. The third-order valence-electron chi connectivity index (χ3n) is 4.50. The van der Waals surface area contributed by atoms with Crippen LogP contribution in [0.3, 0.4) is 0 Å². The van der Waals surface area contributed by atoms with Crippen molar-refractivity contribution in [3.63, 3.8) is 0 Å². The highest BCUT2D eigenvalue weighted by molar-refractivity contribution is 5.98. The standard InChI is InChI=1S/C17H19F3N4O/c1-10(11-4-3-5-12(8-11)17(18,19)20)24(13-6-7-13)16(25)14-9-22-23(2)15(14)21/h3-5,8-10,13H,6-7,21H2,1-2H3. The summed E-state index contributed by atoms with van der Waals surface area (Å²) in [5, 5.41) is 3.97. The van der Waals surface area contributed by atoms with Gasteiger partial charge in [0.15, 0.2) is 0 Å². The Hall–Kier alpha value is -2.51. The zero-order valence-corrected chi connectivity index (χ0v) is 13.9. The monoisotopic (exact) mass is 352 g/mol. The maximum absolute atomic E-state index is 13.0. The van der Waals surface area contributed by atoms with Gasteiger partial charge in [-0.05, 0) is 37.5 Å². The number of hydrogen-bond donors (Lipinski definition) is 1. The summed E-state index contributed by atoms with van der Waals surface area (Å²) in [4.78, 5) is 14.5. The third kappa shape index (κ3) is 3.33. The van der Waals surface area contributed by atoms with Crippen LogP contribution in [0.15, 0.2) is 30.5 Å². The molecule has 2 aromatic rings. The minimum atomic E-state index is -4.42. The molecule has 0 spiro atoms. The number of rotatable bonds is 4. The summed E-state index contributed by atoms with van der Waals surface area (Å²) in [6.07, 6.45) is -1.37. The highest BCUT2D eigenvalue weighted by Crippen LogP contribution is 2.38. The number of nitrogens with zero attached hydrogens (tertiary/aromatic N) is 3. The van der Waals surface area contributed by atoms with Gasteiger partial charge in [0, 0.05) is 13.1 Å². The molecule has 1 amide bonds. The van der Waals surface area contributed by atoms with Crippen LogP contribution in [0.2, 0.25) is 0 Å². The van der Waals surface area contributed by atoms with E-state index in [0.29, 0.717) is 5.56 Å². The van der Waals surface area contributed by atoms with Crippen molar-refractivity contribution in [2.45, 2.75) is 38.0 Å². The first-order valence-electron chi connectivity index (χ1n) is 7.97. The maximum Gasteiger partial charge on any atom is 0.416 e. The normalized spacial score (nSPS) is 15.9. The number of carbonyl (C=O) groups excluding carboxylic acids is 1. The zero-order chi connectivity index (χ0) is 18.4. The van der Waals surface area contributed by atoms with Crippen LogP contribution in [0.25, 0.3) is 0 Å². The minimum absolute atomic E-state index is 0.0108. The highest BCUT2D eigenvalue weighted by atomic mass is 19.4. The summed E-state index contributed by atoms with van der Waals surface area (Å²) in [6, 6.07) is 4.61. The number of carbonyl (C=O) groups is 1. The number of amides is 1. The van der Waals surface area contributed by atoms with Crippen LogP contribution in [0.1, 0.15) is 47.3 Å². The number of nitrogens with two attached hydrogens (primary N) is 1. The van der Waals surface area contributed by atoms with Crippen LogP contribution < -0.4 is 5.73 Å². The molecule has 1 atom stereocenters. The van der Waals surface area contributed by atoms with Gasteiger partial charge < -0.3 is 10.6 Å². The van der Waals surface area contributed by atoms with Crippen LogP contribution in [0.4, 0.5) is 19.0 Å². The van der Waals surface area contributed by atoms with Crippen LogP contribution in [-0.2, 0) is 13.2 Å². The van der Waals surface area contributed by atoms with Crippen molar-refractivity contribution in [2.24, 2.45) is 7.05 Å². The first kappa shape index (κ1) is 17.3. The second kappa shape index (κ2) is 6.09. The molecule has 1 fully saturated rings. The molecule has 0 aliphatic heterocycles. The fourth-order valence-electron chi connectivity index (χ4n) is 2.90. The number of halogens is 3. The van der Waals surface area contributed by atoms with Gasteiger partial charge >= 0.3 is 6.18 Å². The van der Waals surface area contributed by atoms with Gasteiger partial charge in [-0.3, -0.25) is 9.48 Å². The van der Waals surface area contributed by atoms with Crippen molar-refractivity contribution in [3.05, 3.63) is 47.2 Å². The maximum atomic E-state index is 13.0. The average molecular weight is 352 g/mol. The topological polar surface area (TPSA) is 64.2 Å². The summed E-state index contributed by atoms with van der Waals surface area (Å²) in [5.74, 6) is -0.0649. The number of aryl methyl sites for hydroxylation is 1. The Labute approximate surface area is 143 Å². The first-order valence-corrected chi connectivity index (χ1v) is 7.97. The Morgan fingerprint density at radius 2 is 2.08 bits per heavy atom. The predicted molar refractivity (Wildman–Crippen MR) is 86.7 cm³/mol. The molecule has 2 N–H and O–H groups in total. The van der Waals surface area contributed by atoms with Crippen molar-refractivity contribution in [2.75, 3.05) is 5.73 Å². The van der Waals surface area contributed by atoms with Gasteiger partial charge in [0.05, 0.1) is 17.8 Å². The van der Waals surface area contributed by atoms with Gasteiger partial charge in [-0.15, -0.1) is 0 Å². The Bertz CT molecular complexity index is 795. The Balaban J connectivity index is 1.93. The van der Waals surface area contributed by atoms with Crippen molar-refractivity contribution >= 4 is 11.7 Å². The number of benzene rings is 1. The van der Waals surface area contributed by atoms with E-state index < -0.39 is 17.8 Å². The lowest BCUT2D eigenvalue weighted by Crippen LogP contribution is -2.36. The van der Waals surface area contributed by atoms with Gasteiger partial charge in [-0.1, -0.05) is 12.1 Å². The fraction of sp³-hybridized carbons (Fsp3) is 0.412. The summed E-state index contributed by atoms with van der Waals surface area (Å²) in [7, 11) is 1.63. The highest BCUT2D eigenvalue weighted by Gasteiger charge is 2.38. The molecule has 3 rings (SSSR count). The number of anilines is 1. The van der Waals surface area contributed by atoms with Crippen LogP contribution in [-0.4, -0.2) is 26.6 Å². The average Bonchev–Trinajstić information content (AvgIpc) is 3.33. The van der Waals surface area contributed by atoms with E-state index >= 15 is 0 Å². The Morgan fingerprint density at radius 1 is 1.40 bits per heavy atom. The lowest BCUT2D eigenvalue weighted by Gasteiger charge is -2.30. The molecule has 1 aliphatic rings. The number of hydrogen-bond acceptors (Lipinski definition) is 3. The lowest BCUT2D eigenvalue weighted by molar-refractivity contribution is -0.137. The minimum Gasteiger partial charge on any atom is -0.383 e. The Morgan fingerprint density at radius 3 is 2.60 bits per heavy atom. The molecule has 1 aromatic heterocycles. The number of nitrogen functional groups attached to an aromatic ring is 1. The third-order valence-corrected chi connectivity index (χ3v) is 4.50. The second-order valence-corrected chi connectivity index (χ2v) is 6.31. The first-order chi connectivity index (χ1) is 11.7. The van der Waals surface area contributed by atoms with Crippen LogP contribution in [0, 0.1) is 0 Å². The van der Waals surface area contributed by atoms with Gasteiger partial charge in [-0.25, -0.2) is 0 Å². The number of aromatic nitrogens is 2. The van der Waals surface area contributed by atoms with E-state index in [1.807, 2.05) is 0 Å². The fourth-order valence-corrected chi connectivity index (χ4v) is 2.90. The van der Waals surface area contributed by atoms with E-state index in [2.05, 4.69) is 5.10 Å². The van der Waals surface area contributed by atoms with Gasteiger partial charge in [-0.2, -0.15) is 18.3 Å². The van der Waals surface area contributed by atoms with E-state index in [-0.39, 0.29) is 23.3 Å². The molecule has 8 heteroatoms. The Kier molecular flexibility index (Phi) is 4.22. The molecule has 1 aliphatic carbocycles. The van der Waals surface area contributed by atoms with Crippen molar-refractivity contribution < 1.29 is 18.0 Å².